The van der Waals surface area contributed by atoms with E-state index in [9.17, 15) is 9.59 Å². The van der Waals surface area contributed by atoms with Crippen LogP contribution in [0.4, 0.5) is 5.95 Å². The molecule has 0 fully saturated rings. The molecule has 8 nitrogen and oxygen atoms in total. The van der Waals surface area contributed by atoms with Gasteiger partial charge in [-0.3, -0.25) is 10.1 Å². The summed E-state index contributed by atoms with van der Waals surface area (Å²) in [4.78, 5) is 22.2. The number of anilines is 1. The molecule has 1 aromatic rings. The van der Waals surface area contributed by atoms with E-state index in [4.69, 9.17) is 5.11 Å². The number of tetrazole rings is 1. The Bertz CT molecular complexity index is 383. The molecular formula is C6H7N5O3. The van der Waals surface area contributed by atoms with E-state index in [1.54, 1.807) is 0 Å². The summed E-state index contributed by atoms with van der Waals surface area (Å²) in [7, 11) is 1.54. The molecule has 8 heteroatoms. The van der Waals surface area contributed by atoms with Gasteiger partial charge in [-0.2, -0.15) is 4.80 Å². The molecule has 0 aliphatic rings. The molecule has 1 aromatic heterocycles. The Morgan fingerprint density at radius 3 is 2.71 bits per heavy atom. The number of carboxylic acid groups (broad SMARTS) is 1. The van der Waals surface area contributed by atoms with Crippen LogP contribution < -0.4 is 5.32 Å². The van der Waals surface area contributed by atoms with Crippen molar-refractivity contribution in [3.05, 3.63) is 12.2 Å². The molecule has 1 heterocycles. The zero-order valence-corrected chi connectivity index (χ0v) is 7.21. The van der Waals surface area contributed by atoms with E-state index in [-0.39, 0.29) is 5.95 Å². The first-order chi connectivity index (χ1) is 6.58. The highest BCUT2D eigenvalue weighted by atomic mass is 16.4. The van der Waals surface area contributed by atoms with Crippen LogP contribution in [0.2, 0.25) is 0 Å². The first kappa shape index (κ1) is 9.84. The maximum Gasteiger partial charge on any atom is 0.328 e. The molecule has 2 N–H and O–H groups in total. The molecule has 0 spiro atoms. The first-order valence-electron chi connectivity index (χ1n) is 3.54. The number of rotatable bonds is 3. The number of carbonyl (C=O) groups is 2. The minimum atomic E-state index is -1.20. The zero-order chi connectivity index (χ0) is 10.6. The number of aliphatic carboxylic acids is 1. The quantitative estimate of drug-likeness (QED) is 0.588. The Balaban J connectivity index is 2.53. The third-order valence-corrected chi connectivity index (χ3v) is 1.12. The predicted octanol–water partition coefficient (Wildman–Crippen LogP) is -1.21. The van der Waals surface area contributed by atoms with Crippen LogP contribution in [0.1, 0.15) is 0 Å². The number of aryl methyl sites for hydroxylation is 1. The van der Waals surface area contributed by atoms with Crippen LogP contribution in [0.3, 0.4) is 0 Å². The van der Waals surface area contributed by atoms with E-state index in [1.165, 1.54) is 7.05 Å². The molecule has 0 aliphatic carbocycles. The summed E-state index contributed by atoms with van der Waals surface area (Å²) in [5.74, 6) is -1.81. The Morgan fingerprint density at radius 1 is 1.50 bits per heavy atom. The van der Waals surface area contributed by atoms with Crippen LogP contribution in [-0.4, -0.2) is 37.2 Å². The van der Waals surface area contributed by atoms with Crippen LogP contribution in [0.5, 0.6) is 0 Å². The third-order valence-electron chi connectivity index (χ3n) is 1.12. The summed E-state index contributed by atoms with van der Waals surface area (Å²) in [5, 5.41) is 21.0. The molecule has 0 bridgehead atoms. The summed E-state index contributed by atoms with van der Waals surface area (Å²) in [6.45, 7) is 0. The molecule has 0 radical (unpaired) electrons. The van der Waals surface area contributed by atoms with Gasteiger partial charge < -0.3 is 5.11 Å². The van der Waals surface area contributed by atoms with Gasteiger partial charge in [0.2, 0.25) is 0 Å². The number of amides is 1. The van der Waals surface area contributed by atoms with Crippen molar-refractivity contribution in [2.75, 3.05) is 5.32 Å². The van der Waals surface area contributed by atoms with E-state index in [1.807, 2.05) is 0 Å². The number of carbonyl (C=O) groups excluding carboxylic acids is 1. The SMILES string of the molecule is Cn1nnc(NC(=O)/C=C/C(=O)O)n1. The lowest BCUT2D eigenvalue weighted by Gasteiger charge is -1.91. The maximum atomic E-state index is 10.9. The van der Waals surface area contributed by atoms with E-state index in [0.717, 1.165) is 10.9 Å². The highest BCUT2D eigenvalue weighted by molar-refractivity contribution is 6.01. The van der Waals surface area contributed by atoms with Gasteiger partial charge in [-0.15, -0.1) is 5.10 Å². The van der Waals surface area contributed by atoms with Crippen molar-refractivity contribution in [3.63, 3.8) is 0 Å². The Hall–Kier alpha value is -2.25. The highest BCUT2D eigenvalue weighted by Gasteiger charge is 2.02. The molecule has 0 unspecified atom stereocenters. The summed E-state index contributed by atoms with van der Waals surface area (Å²) in [6.07, 6.45) is 1.57. The summed E-state index contributed by atoms with van der Waals surface area (Å²) in [6, 6.07) is 0. The lowest BCUT2D eigenvalue weighted by Crippen LogP contribution is -2.10. The number of carboxylic acids is 1. The van der Waals surface area contributed by atoms with Crippen molar-refractivity contribution in [1.82, 2.24) is 20.2 Å². The van der Waals surface area contributed by atoms with Gasteiger partial charge in [-0.1, -0.05) is 5.10 Å². The second-order valence-corrected chi connectivity index (χ2v) is 2.26. The number of hydrogen-bond acceptors (Lipinski definition) is 5. The molecule has 0 saturated heterocycles. The van der Waals surface area contributed by atoms with E-state index >= 15 is 0 Å². The monoisotopic (exact) mass is 197 g/mol. The smallest absolute Gasteiger partial charge is 0.328 e. The lowest BCUT2D eigenvalue weighted by molar-refractivity contribution is -0.131. The molecular weight excluding hydrogens is 190 g/mol. The first-order valence-corrected chi connectivity index (χ1v) is 3.54. The normalized spacial score (nSPS) is 10.4. The molecule has 14 heavy (non-hydrogen) atoms. The average molecular weight is 197 g/mol. The van der Waals surface area contributed by atoms with Crippen LogP contribution in [0.15, 0.2) is 12.2 Å². The van der Waals surface area contributed by atoms with Crippen molar-refractivity contribution in [2.24, 2.45) is 7.05 Å². The number of nitrogens with zero attached hydrogens (tertiary/aromatic N) is 4. The molecule has 0 aliphatic heterocycles. The van der Waals surface area contributed by atoms with Gasteiger partial charge in [0.05, 0.1) is 7.05 Å². The van der Waals surface area contributed by atoms with Crippen molar-refractivity contribution in [3.8, 4) is 0 Å². The minimum absolute atomic E-state index is 0.0209. The largest absolute Gasteiger partial charge is 0.478 e. The topological polar surface area (TPSA) is 110 Å². The van der Waals surface area contributed by atoms with Gasteiger partial charge in [0.15, 0.2) is 0 Å². The van der Waals surface area contributed by atoms with Crippen LogP contribution in [-0.2, 0) is 16.6 Å². The standard InChI is InChI=1S/C6H7N5O3/c1-11-9-6(8-10-11)7-4(12)2-3-5(13)14/h2-3H,1H3,(H,13,14)(H,7,9,12)/b3-2+. The highest BCUT2D eigenvalue weighted by Crippen LogP contribution is 1.91. The lowest BCUT2D eigenvalue weighted by atomic mass is 10.5. The van der Waals surface area contributed by atoms with Crippen molar-refractivity contribution in [1.29, 1.82) is 0 Å². The van der Waals surface area contributed by atoms with Crippen molar-refractivity contribution < 1.29 is 14.7 Å². The summed E-state index contributed by atoms with van der Waals surface area (Å²) < 4.78 is 0. The van der Waals surface area contributed by atoms with Crippen LogP contribution in [0.25, 0.3) is 0 Å². The zero-order valence-electron chi connectivity index (χ0n) is 7.21. The van der Waals surface area contributed by atoms with Gasteiger partial charge in [0, 0.05) is 12.2 Å². The Kier molecular flexibility index (Phi) is 2.89. The molecule has 74 valence electrons. The van der Waals surface area contributed by atoms with Gasteiger partial charge in [-0.05, 0) is 5.21 Å². The van der Waals surface area contributed by atoms with E-state index in [0.29, 0.717) is 6.08 Å². The van der Waals surface area contributed by atoms with E-state index < -0.39 is 11.9 Å². The molecule has 0 atom stereocenters. The molecule has 0 saturated carbocycles. The fourth-order valence-electron chi connectivity index (χ4n) is 0.633. The Morgan fingerprint density at radius 2 is 2.21 bits per heavy atom. The number of nitrogens with one attached hydrogen (secondary N) is 1. The summed E-state index contributed by atoms with van der Waals surface area (Å²) in [5.41, 5.74) is 0. The fraction of sp³-hybridized carbons (Fsp3) is 0.167. The third kappa shape index (κ3) is 3.01. The molecule has 1 rings (SSSR count). The maximum absolute atomic E-state index is 10.9. The average Bonchev–Trinajstić information content (AvgIpc) is 2.48. The number of hydrogen-bond donors (Lipinski definition) is 2. The van der Waals surface area contributed by atoms with Crippen molar-refractivity contribution >= 4 is 17.8 Å². The van der Waals surface area contributed by atoms with E-state index in [2.05, 4.69) is 20.7 Å². The molecule has 1 amide bonds. The van der Waals surface area contributed by atoms with Crippen molar-refractivity contribution in [2.45, 2.75) is 0 Å². The molecule has 0 aromatic carbocycles. The fourth-order valence-corrected chi connectivity index (χ4v) is 0.633. The van der Waals surface area contributed by atoms with Crippen LogP contribution >= 0.6 is 0 Å². The van der Waals surface area contributed by atoms with Gasteiger partial charge in [-0.25, -0.2) is 4.79 Å². The number of aromatic nitrogens is 4. The van der Waals surface area contributed by atoms with Gasteiger partial charge in [0.1, 0.15) is 0 Å². The van der Waals surface area contributed by atoms with Crippen LogP contribution in [0, 0.1) is 0 Å². The van der Waals surface area contributed by atoms with Gasteiger partial charge >= 0.3 is 5.97 Å². The van der Waals surface area contributed by atoms with Gasteiger partial charge in [0.25, 0.3) is 11.9 Å². The second-order valence-electron chi connectivity index (χ2n) is 2.26. The summed E-state index contributed by atoms with van der Waals surface area (Å²) >= 11 is 0. The Labute approximate surface area is 78.2 Å². The second kappa shape index (κ2) is 4.12. The predicted molar refractivity (Wildman–Crippen MR) is 44.2 cm³/mol. The minimum Gasteiger partial charge on any atom is -0.478 e.